The Hall–Kier alpha value is -1.40. The van der Waals surface area contributed by atoms with E-state index in [1.165, 1.54) is 11.3 Å². The predicted molar refractivity (Wildman–Crippen MR) is 52.4 cm³/mol. The van der Waals surface area contributed by atoms with E-state index in [1.807, 2.05) is 0 Å². The molecule has 1 aliphatic rings. The fraction of sp³-hybridized carbons (Fsp3) is 0.250. The zero-order valence-electron chi connectivity index (χ0n) is 7.52. The Balaban J connectivity index is 2.47. The molecule has 74 valence electrons. The first-order valence-corrected chi connectivity index (χ1v) is 4.90. The lowest BCUT2D eigenvalue weighted by atomic mass is 10.2. The third-order valence-electron chi connectivity index (χ3n) is 2.04. The van der Waals surface area contributed by atoms with E-state index in [4.69, 9.17) is 5.11 Å². The van der Waals surface area contributed by atoms with Gasteiger partial charge in [-0.3, -0.25) is 4.98 Å². The number of carboxylic acids is 1. The SMILES string of the molecule is CN1NCC(C(=O)O)=C1c1cncs1. The van der Waals surface area contributed by atoms with Gasteiger partial charge in [-0.2, -0.15) is 0 Å². The Morgan fingerprint density at radius 3 is 3.14 bits per heavy atom. The largest absolute Gasteiger partial charge is 0.478 e. The zero-order valence-corrected chi connectivity index (χ0v) is 8.34. The lowest BCUT2D eigenvalue weighted by Gasteiger charge is -2.14. The number of hydrazine groups is 1. The van der Waals surface area contributed by atoms with Crippen LogP contribution in [0.1, 0.15) is 4.88 Å². The molecule has 0 bridgehead atoms. The Morgan fingerprint density at radius 2 is 2.57 bits per heavy atom. The highest BCUT2D eigenvalue weighted by molar-refractivity contribution is 7.10. The summed E-state index contributed by atoms with van der Waals surface area (Å²) in [5, 5.41) is 10.7. The lowest BCUT2D eigenvalue weighted by Crippen LogP contribution is -2.26. The van der Waals surface area contributed by atoms with Gasteiger partial charge in [-0.25, -0.2) is 10.2 Å². The molecule has 0 fully saturated rings. The minimum Gasteiger partial charge on any atom is -0.478 e. The molecule has 1 aromatic rings. The highest BCUT2D eigenvalue weighted by atomic mass is 32.1. The summed E-state index contributed by atoms with van der Waals surface area (Å²) in [5.74, 6) is -0.884. The van der Waals surface area contributed by atoms with Crippen LogP contribution in [-0.2, 0) is 4.79 Å². The van der Waals surface area contributed by atoms with Crippen molar-refractivity contribution in [3.05, 3.63) is 22.2 Å². The quantitative estimate of drug-likeness (QED) is 0.740. The van der Waals surface area contributed by atoms with Gasteiger partial charge in [0.05, 0.1) is 21.7 Å². The van der Waals surface area contributed by atoms with Gasteiger partial charge >= 0.3 is 5.97 Å². The molecule has 2 N–H and O–H groups in total. The monoisotopic (exact) mass is 211 g/mol. The highest BCUT2D eigenvalue weighted by Gasteiger charge is 2.25. The van der Waals surface area contributed by atoms with E-state index in [1.54, 1.807) is 23.8 Å². The molecule has 0 saturated heterocycles. The fourth-order valence-electron chi connectivity index (χ4n) is 1.39. The number of aliphatic carboxylic acids is 1. The van der Waals surface area contributed by atoms with Crippen LogP contribution >= 0.6 is 11.3 Å². The van der Waals surface area contributed by atoms with Crippen LogP contribution in [-0.4, -0.2) is 34.7 Å². The number of thiazole rings is 1. The van der Waals surface area contributed by atoms with Crippen LogP contribution in [0.15, 0.2) is 17.3 Å². The summed E-state index contributed by atoms with van der Waals surface area (Å²) in [7, 11) is 1.80. The van der Waals surface area contributed by atoms with E-state index < -0.39 is 5.97 Å². The number of hydrogen-bond acceptors (Lipinski definition) is 5. The van der Waals surface area contributed by atoms with Crippen LogP contribution in [0.3, 0.4) is 0 Å². The molecule has 14 heavy (non-hydrogen) atoms. The van der Waals surface area contributed by atoms with Gasteiger partial charge in [0.2, 0.25) is 0 Å². The minimum absolute atomic E-state index is 0.360. The predicted octanol–water partition coefficient (Wildman–Crippen LogP) is 0.389. The number of hydrogen-bond donors (Lipinski definition) is 2. The maximum absolute atomic E-state index is 10.9. The fourth-order valence-corrected chi connectivity index (χ4v) is 2.12. The molecule has 0 spiro atoms. The van der Waals surface area contributed by atoms with Crippen molar-refractivity contribution < 1.29 is 9.90 Å². The number of nitrogens with one attached hydrogen (secondary N) is 1. The second-order valence-electron chi connectivity index (χ2n) is 2.89. The van der Waals surface area contributed by atoms with Crippen molar-refractivity contribution in [1.29, 1.82) is 0 Å². The molecular weight excluding hydrogens is 202 g/mol. The standard InChI is InChI=1S/C8H9N3O2S/c1-11-7(6-3-9-4-14-6)5(2-10-11)8(12)13/h3-4,10H,2H2,1H3,(H,12,13). The molecule has 2 heterocycles. The van der Waals surface area contributed by atoms with Crippen LogP contribution in [0.2, 0.25) is 0 Å². The third-order valence-corrected chi connectivity index (χ3v) is 2.82. The normalized spacial score (nSPS) is 16.5. The Kier molecular flexibility index (Phi) is 2.22. The van der Waals surface area contributed by atoms with Crippen LogP contribution in [0, 0.1) is 0 Å². The smallest absolute Gasteiger partial charge is 0.335 e. The summed E-state index contributed by atoms with van der Waals surface area (Å²) in [6.45, 7) is 0.360. The van der Waals surface area contributed by atoms with Gasteiger partial charge < -0.3 is 10.1 Å². The van der Waals surface area contributed by atoms with Crippen molar-refractivity contribution in [2.24, 2.45) is 0 Å². The maximum Gasteiger partial charge on any atom is 0.335 e. The van der Waals surface area contributed by atoms with Crippen molar-refractivity contribution in [3.63, 3.8) is 0 Å². The van der Waals surface area contributed by atoms with Gasteiger partial charge in [0.25, 0.3) is 0 Å². The van der Waals surface area contributed by atoms with E-state index in [0.29, 0.717) is 17.8 Å². The molecule has 6 heteroatoms. The first kappa shape index (κ1) is 9.17. The molecule has 0 radical (unpaired) electrons. The number of aromatic nitrogens is 1. The summed E-state index contributed by atoms with van der Waals surface area (Å²) in [6.07, 6.45) is 1.67. The van der Waals surface area contributed by atoms with Crippen molar-refractivity contribution in [3.8, 4) is 0 Å². The van der Waals surface area contributed by atoms with Crippen molar-refractivity contribution in [1.82, 2.24) is 15.4 Å². The van der Waals surface area contributed by atoms with Gasteiger partial charge in [0.15, 0.2) is 0 Å². The molecule has 5 nitrogen and oxygen atoms in total. The average molecular weight is 211 g/mol. The van der Waals surface area contributed by atoms with Crippen LogP contribution in [0.4, 0.5) is 0 Å². The highest BCUT2D eigenvalue weighted by Crippen LogP contribution is 2.27. The molecule has 0 amide bonds. The lowest BCUT2D eigenvalue weighted by molar-refractivity contribution is -0.132. The number of carbonyl (C=O) groups is 1. The molecule has 2 rings (SSSR count). The molecule has 0 aliphatic carbocycles. The van der Waals surface area contributed by atoms with Crippen molar-refractivity contribution in [2.75, 3.05) is 13.6 Å². The minimum atomic E-state index is -0.884. The Bertz CT molecular complexity index is 385. The summed E-state index contributed by atoms with van der Waals surface area (Å²) < 4.78 is 0. The first-order chi connectivity index (χ1) is 6.70. The van der Waals surface area contributed by atoms with Gasteiger partial charge in [-0.1, -0.05) is 0 Å². The van der Waals surface area contributed by atoms with Crippen molar-refractivity contribution in [2.45, 2.75) is 0 Å². The molecule has 1 aromatic heterocycles. The first-order valence-electron chi connectivity index (χ1n) is 4.02. The summed E-state index contributed by atoms with van der Waals surface area (Å²) in [6, 6.07) is 0. The van der Waals surface area contributed by atoms with Crippen LogP contribution in [0.25, 0.3) is 5.70 Å². The summed E-state index contributed by atoms with van der Waals surface area (Å²) in [4.78, 5) is 15.7. The number of nitrogens with zero attached hydrogens (tertiary/aromatic N) is 2. The van der Waals surface area contributed by atoms with E-state index in [0.717, 1.165) is 4.88 Å². The third kappa shape index (κ3) is 1.38. The summed E-state index contributed by atoms with van der Waals surface area (Å²) in [5.41, 5.74) is 5.73. The number of rotatable bonds is 2. The van der Waals surface area contributed by atoms with Gasteiger partial charge in [0, 0.05) is 19.8 Å². The molecule has 0 unspecified atom stereocenters. The van der Waals surface area contributed by atoms with E-state index in [9.17, 15) is 4.79 Å². The maximum atomic E-state index is 10.9. The van der Waals surface area contributed by atoms with Gasteiger partial charge in [0.1, 0.15) is 0 Å². The van der Waals surface area contributed by atoms with E-state index in [-0.39, 0.29) is 0 Å². The molecule has 0 saturated carbocycles. The molecule has 1 aliphatic heterocycles. The van der Waals surface area contributed by atoms with Crippen molar-refractivity contribution >= 4 is 23.0 Å². The average Bonchev–Trinajstić information content (AvgIpc) is 2.71. The molecular formula is C8H9N3O2S. The Labute approximate surface area is 84.7 Å². The van der Waals surface area contributed by atoms with Crippen LogP contribution in [0.5, 0.6) is 0 Å². The van der Waals surface area contributed by atoms with E-state index in [2.05, 4.69) is 10.4 Å². The van der Waals surface area contributed by atoms with Crippen LogP contribution < -0.4 is 5.43 Å². The van der Waals surface area contributed by atoms with Gasteiger partial charge in [-0.15, -0.1) is 11.3 Å². The second-order valence-corrected chi connectivity index (χ2v) is 3.78. The zero-order chi connectivity index (χ0) is 10.1. The summed E-state index contributed by atoms with van der Waals surface area (Å²) >= 11 is 1.43. The molecule has 0 aromatic carbocycles. The van der Waals surface area contributed by atoms with Gasteiger partial charge in [-0.05, 0) is 0 Å². The topological polar surface area (TPSA) is 65.5 Å². The second kappa shape index (κ2) is 3.39. The Morgan fingerprint density at radius 1 is 1.79 bits per heavy atom. The number of carboxylic acid groups (broad SMARTS) is 1. The van der Waals surface area contributed by atoms with E-state index >= 15 is 0 Å². The molecule has 0 atom stereocenters.